The molecule has 2 aromatic rings. The smallest absolute Gasteiger partial charge is 0.284 e. The van der Waals surface area contributed by atoms with Gasteiger partial charge < -0.3 is 0 Å². The van der Waals surface area contributed by atoms with Crippen LogP contribution in [0.2, 0.25) is 0 Å². The quantitative estimate of drug-likeness (QED) is 0.745. The highest BCUT2D eigenvalue weighted by Gasteiger charge is 2.39. The Bertz CT molecular complexity index is 988. The van der Waals surface area contributed by atoms with Crippen LogP contribution in [-0.2, 0) is 0 Å². The summed E-state index contributed by atoms with van der Waals surface area (Å²) in [7, 11) is 0. The number of allylic oxidation sites excluding steroid dienone is 1. The third-order valence-electron chi connectivity index (χ3n) is 3.35. The van der Waals surface area contributed by atoms with E-state index in [4.69, 9.17) is 0 Å². The Hall–Kier alpha value is -2.69. The molecule has 0 aromatic heterocycles. The molecule has 0 fully saturated rings. The van der Waals surface area contributed by atoms with Crippen LogP contribution in [0.3, 0.4) is 0 Å². The lowest BCUT2D eigenvalue weighted by Gasteiger charge is -2.07. The van der Waals surface area contributed by atoms with Gasteiger partial charge in [-0.3, -0.25) is 9.79 Å². The lowest BCUT2D eigenvalue weighted by atomic mass is 10.0. The highest BCUT2D eigenvalue weighted by atomic mass is 19.4. The number of alkyl halides is 3. The molecule has 0 unspecified atom stereocenters. The molecule has 1 aliphatic heterocycles. The van der Waals surface area contributed by atoms with Gasteiger partial charge in [-0.25, -0.2) is 0 Å². The number of carbonyl (C=O) groups is 1. The van der Waals surface area contributed by atoms with Crippen molar-refractivity contribution in [1.29, 1.82) is 0 Å². The molecule has 0 saturated carbocycles. The fourth-order valence-electron chi connectivity index (χ4n) is 2.41. The van der Waals surface area contributed by atoms with Gasteiger partial charge in [0, 0.05) is 17.0 Å². The molecule has 0 spiro atoms. The van der Waals surface area contributed by atoms with Crippen molar-refractivity contribution < 1.29 is 18.0 Å². The number of benzene rings is 2. The minimum absolute atomic E-state index is 0.209. The monoisotopic (exact) mass is 301 g/mol. The summed E-state index contributed by atoms with van der Waals surface area (Å²) in [6.07, 6.45) is 0.0270. The first-order valence-electron chi connectivity index (χ1n) is 6.53. The standard InChI is InChI=1S/C17H10F3NO/c18-17(19,20)16(22)13-8-3-9-14-15(13)12-7-2-1-5-11(12)6-4-10-21-14/h1-10H/b6-4?,10-4-,11-6-,15-12-,21-10?,21-14-. The van der Waals surface area contributed by atoms with Gasteiger partial charge in [-0.1, -0.05) is 42.5 Å². The van der Waals surface area contributed by atoms with E-state index in [-0.39, 0.29) is 10.8 Å². The molecular formula is C17H10F3NO. The van der Waals surface area contributed by atoms with Gasteiger partial charge in [-0.2, -0.15) is 13.2 Å². The van der Waals surface area contributed by atoms with E-state index in [2.05, 4.69) is 4.99 Å². The van der Waals surface area contributed by atoms with Crippen LogP contribution in [0.1, 0.15) is 10.4 Å². The Morgan fingerprint density at radius 1 is 1.00 bits per heavy atom. The van der Waals surface area contributed by atoms with Gasteiger partial charge >= 0.3 is 6.18 Å². The fraction of sp³-hybridized carbons (Fsp3) is 0.0588. The molecule has 110 valence electrons. The molecule has 3 rings (SSSR count). The highest BCUT2D eigenvalue weighted by molar-refractivity contribution is 6.00. The van der Waals surface area contributed by atoms with Crippen LogP contribution in [0.4, 0.5) is 13.2 Å². The van der Waals surface area contributed by atoms with Crippen molar-refractivity contribution in [3.05, 3.63) is 81.3 Å². The summed E-state index contributed by atoms with van der Waals surface area (Å²) in [5, 5.41) is 1.84. The zero-order valence-electron chi connectivity index (χ0n) is 11.3. The Labute approximate surface area is 123 Å². The third-order valence-corrected chi connectivity index (χ3v) is 3.35. The van der Waals surface area contributed by atoms with E-state index in [1.807, 2.05) is 0 Å². The first-order valence-corrected chi connectivity index (χ1v) is 6.53. The van der Waals surface area contributed by atoms with Crippen molar-refractivity contribution in [3.8, 4) is 0 Å². The van der Waals surface area contributed by atoms with Crippen LogP contribution in [0.5, 0.6) is 0 Å². The maximum absolute atomic E-state index is 12.9. The zero-order chi connectivity index (χ0) is 15.7. The molecule has 1 aliphatic rings. The Morgan fingerprint density at radius 3 is 2.55 bits per heavy atom. The zero-order valence-corrected chi connectivity index (χ0v) is 11.3. The molecule has 0 amide bonds. The second-order valence-corrected chi connectivity index (χ2v) is 4.75. The van der Waals surface area contributed by atoms with Gasteiger partial charge in [0.05, 0.1) is 5.36 Å². The van der Waals surface area contributed by atoms with E-state index in [1.165, 1.54) is 18.3 Å². The number of Topliss-reactive ketones (excluding diaryl/α,β-unsaturated/α-hetero) is 1. The molecule has 0 atom stereocenters. The number of hydrogen-bond donors (Lipinski definition) is 0. The first-order chi connectivity index (χ1) is 10.5. The molecule has 0 bridgehead atoms. The van der Waals surface area contributed by atoms with E-state index in [0.29, 0.717) is 10.6 Å². The summed E-state index contributed by atoms with van der Waals surface area (Å²) in [5.74, 6) is -1.86. The summed E-state index contributed by atoms with van der Waals surface area (Å²) in [4.78, 5) is 15.9. The fourth-order valence-corrected chi connectivity index (χ4v) is 2.41. The van der Waals surface area contributed by atoms with Crippen LogP contribution in [0.25, 0.3) is 6.08 Å². The van der Waals surface area contributed by atoms with Crippen molar-refractivity contribution in [2.75, 3.05) is 0 Å². The van der Waals surface area contributed by atoms with E-state index in [0.717, 1.165) is 5.22 Å². The third kappa shape index (κ3) is 2.45. The molecule has 0 radical (unpaired) electrons. The van der Waals surface area contributed by atoms with Crippen LogP contribution < -0.4 is 10.6 Å². The maximum Gasteiger partial charge on any atom is 0.454 e. The van der Waals surface area contributed by atoms with Crippen LogP contribution in [0.15, 0.2) is 59.7 Å². The molecule has 0 aliphatic carbocycles. The van der Waals surface area contributed by atoms with Gasteiger partial charge in [0.15, 0.2) is 0 Å². The number of ketones is 1. The highest BCUT2D eigenvalue weighted by Crippen LogP contribution is 2.21. The van der Waals surface area contributed by atoms with Gasteiger partial charge in [-0.15, -0.1) is 0 Å². The Morgan fingerprint density at radius 2 is 1.77 bits per heavy atom. The predicted molar refractivity (Wildman–Crippen MR) is 75.3 cm³/mol. The van der Waals surface area contributed by atoms with Crippen molar-refractivity contribution in [2.24, 2.45) is 4.99 Å². The largest absolute Gasteiger partial charge is 0.454 e. The maximum atomic E-state index is 12.9. The summed E-state index contributed by atoms with van der Waals surface area (Å²) >= 11 is 0. The summed E-state index contributed by atoms with van der Waals surface area (Å²) < 4.78 is 38.6. The van der Waals surface area contributed by atoms with E-state index in [1.54, 1.807) is 42.5 Å². The average Bonchev–Trinajstić information content (AvgIpc) is 2.47. The van der Waals surface area contributed by atoms with Crippen LogP contribution in [-0.4, -0.2) is 12.0 Å². The number of rotatable bonds is 1. The average molecular weight is 301 g/mol. The molecule has 1 heterocycles. The number of fused-ring (bicyclic) bond motifs is 2. The molecule has 0 N–H and O–H groups in total. The number of halogens is 3. The summed E-state index contributed by atoms with van der Waals surface area (Å²) in [5.41, 5.74) is -0.384. The first kappa shape index (κ1) is 14.3. The predicted octanol–water partition coefficient (Wildman–Crippen LogP) is 2.65. The van der Waals surface area contributed by atoms with Crippen molar-refractivity contribution in [2.45, 2.75) is 6.18 Å². The minimum atomic E-state index is -4.92. The second kappa shape index (κ2) is 5.26. The SMILES string of the molecule is O=C(c1cccc2/c1=c1/cccc/c1=C/C=C\N=2)C(F)(F)F. The Kier molecular flexibility index (Phi) is 3.41. The summed E-state index contributed by atoms with van der Waals surface area (Å²) in [6, 6.07) is 11.2. The molecule has 22 heavy (non-hydrogen) atoms. The van der Waals surface area contributed by atoms with Crippen LogP contribution in [0, 0.1) is 10.4 Å². The van der Waals surface area contributed by atoms with Gasteiger partial charge in [0.1, 0.15) is 0 Å². The van der Waals surface area contributed by atoms with E-state index >= 15 is 0 Å². The van der Waals surface area contributed by atoms with Crippen LogP contribution >= 0.6 is 0 Å². The number of hydrogen-bond acceptors (Lipinski definition) is 2. The van der Waals surface area contributed by atoms with Crippen molar-refractivity contribution >= 4 is 11.9 Å². The number of carbonyl (C=O) groups excluding carboxylic acids is 1. The lowest BCUT2D eigenvalue weighted by Crippen LogP contribution is -2.26. The van der Waals surface area contributed by atoms with Gasteiger partial charge in [-0.05, 0) is 22.6 Å². The molecule has 2 aromatic carbocycles. The van der Waals surface area contributed by atoms with Gasteiger partial charge in [0.25, 0.3) is 5.78 Å². The topological polar surface area (TPSA) is 29.4 Å². The molecular weight excluding hydrogens is 291 g/mol. The Balaban J connectivity index is 2.60. The second-order valence-electron chi connectivity index (χ2n) is 4.75. The van der Waals surface area contributed by atoms with Crippen molar-refractivity contribution in [1.82, 2.24) is 0 Å². The number of nitrogens with zero attached hydrogens (tertiary/aromatic N) is 1. The van der Waals surface area contributed by atoms with E-state index < -0.39 is 12.0 Å². The van der Waals surface area contributed by atoms with Crippen molar-refractivity contribution in [3.63, 3.8) is 0 Å². The molecule has 2 nitrogen and oxygen atoms in total. The van der Waals surface area contributed by atoms with Gasteiger partial charge in [0.2, 0.25) is 0 Å². The molecule has 5 heteroatoms. The summed E-state index contributed by atoms with van der Waals surface area (Å²) in [6.45, 7) is 0. The minimum Gasteiger partial charge on any atom is -0.284 e. The normalized spacial score (nSPS) is 19.2. The lowest BCUT2D eigenvalue weighted by molar-refractivity contribution is -0.0885. The van der Waals surface area contributed by atoms with E-state index in [9.17, 15) is 18.0 Å². The molecule has 0 saturated heterocycles.